The van der Waals surface area contributed by atoms with Gasteiger partial charge in [0.15, 0.2) is 0 Å². The third-order valence-electron chi connectivity index (χ3n) is 1.92. The smallest absolute Gasteiger partial charge is 0.128 e. The van der Waals surface area contributed by atoms with Crippen LogP contribution in [0.4, 0.5) is 0 Å². The lowest BCUT2D eigenvalue weighted by Gasteiger charge is -2.08. The molecule has 0 aliphatic carbocycles. The molecule has 0 saturated heterocycles. The Morgan fingerprint density at radius 2 is 2.33 bits per heavy atom. The van der Waals surface area contributed by atoms with Gasteiger partial charge in [-0.15, -0.1) is 0 Å². The van der Waals surface area contributed by atoms with Gasteiger partial charge in [0, 0.05) is 10.0 Å². The zero-order valence-corrected chi connectivity index (χ0v) is 10.2. The van der Waals surface area contributed by atoms with Gasteiger partial charge in [0.2, 0.25) is 0 Å². The van der Waals surface area contributed by atoms with E-state index in [2.05, 4.69) is 28.0 Å². The van der Waals surface area contributed by atoms with Crippen LogP contribution in [0, 0.1) is 0 Å². The van der Waals surface area contributed by atoms with E-state index >= 15 is 0 Å². The van der Waals surface area contributed by atoms with Gasteiger partial charge in [-0.25, -0.2) is 0 Å². The molecule has 1 aromatic rings. The summed E-state index contributed by atoms with van der Waals surface area (Å²) in [6, 6.07) is 5.60. The first-order valence-corrected chi connectivity index (χ1v) is 5.67. The van der Waals surface area contributed by atoms with Crippen LogP contribution in [0.25, 0.3) is 0 Å². The Labute approximate surface area is 97.9 Å². The normalized spacial score (nSPS) is 10.8. The predicted octanol–water partition coefficient (Wildman–Crippen LogP) is 3.44. The highest BCUT2D eigenvalue weighted by Crippen LogP contribution is 2.22. The summed E-state index contributed by atoms with van der Waals surface area (Å²) in [5, 5.41) is 11.5. The Morgan fingerprint density at radius 1 is 1.53 bits per heavy atom. The van der Waals surface area contributed by atoms with Crippen molar-refractivity contribution in [2.45, 2.75) is 19.8 Å². The van der Waals surface area contributed by atoms with Gasteiger partial charge in [0.1, 0.15) is 5.75 Å². The molecule has 0 unspecified atom stereocenters. The van der Waals surface area contributed by atoms with Crippen molar-refractivity contribution in [3.63, 3.8) is 0 Å². The number of ether oxygens (including phenoxy) is 1. The molecule has 0 heterocycles. The van der Waals surface area contributed by atoms with Crippen LogP contribution in [0.2, 0.25) is 0 Å². The molecule has 4 heteroatoms. The highest BCUT2D eigenvalue weighted by molar-refractivity contribution is 9.10. The molecule has 1 rings (SSSR count). The molecule has 1 aromatic carbocycles. The lowest BCUT2D eigenvalue weighted by atomic mass is 10.2. The average molecular weight is 272 g/mol. The minimum absolute atomic E-state index is 0.685. The van der Waals surface area contributed by atoms with Gasteiger partial charge >= 0.3 is 0 Å². The van der Waals surface area contributed by atoms with E-state index in [-0.39, 0.29) is 0 Å². The van der Waals surface area contributed by atoms with E-state index in [4.69, 9.17) is 9.94 Å². The Hall–Kier alpha value is -1.03. The van der Waals surface area contributed by atoms with Crippen LogP contribution >= 0.6 is 15.9 Å². The van der Waals surface area contributed by atoms with Crippen LogP contribution in [0.3, 0.4) is 0 Å². The second-order valence-corrected chi connectivity index (χ2v) is 4.04. The van der Waals surface area contributed by atoms with E-state index in [0.29, 0.717) is 6.61 Å². The van der Waals surface area contributed by atoms with Crippen LogP contribution in [0.5, 0.6) is 5.75 Å². The number of nitrogens with zero attached hydrogens (tertiary/aromatic N) is 1. The minimum atomic E-state index is 0.685. The van der Waals surface area contributed by atoms with Crippen LogP contribution < -0.4 is 4.74 Å². The summed E-state index contributed by atoms with van der Waals surface area (Å²) < 4.78 is 6.49. The first-order valence-electron chi connectivity index (χ1n) is 4.87. The third-order valence-corrected chi connectivity index (χ3v) is 2.42. The van der Waals surface area contributed by atoms with Crippen LogP contribution in [-0.2, 0) is 0 Å². The van der Waals surface area contributed by atoms with Crippen molar-refractivity contribution in [2.75, 3.05) is 6.61 Å². The van der Waals surface area contributed by atoms with Gasteiger partial charge in [-0.2, -0.15) is 0 Å². The molecule has 82 valence electrons. The molecule has 15 heavy (non-hydrogen) atoms. The highest BCUT2D eigenvalue weighted by Gasteiger charge is 2.02. The number of hydrogen-bond donors (Lipinski definition) is 1. The second kappa shape index (κ2) is 6.45. The Bertz CT molecular complexity index is 339. The van der Waals surface area contributed by atoms with Gasteiger partial charge < -0.3 is 9.94 Å². The molecule has 3 nitrogen and oxygen atoms in total. The summed E-state index contributed by atoms with van der Waals surface area (Å²) in [6.45, 7) is 2.80. The van der Waals surface area contributed by atoms with Gasteiger partial charge in [-0.05, 0) is 24.6 Å². The SMILES string of the molecule is CCCCOc1ccc(Br)cc1C=NO. The van der Waals surface area contributed by atoms with E-state index in [0.717, 1.165) is 28.6 Å². The minimum Gasteiger partial charge on any atom is -0.493 e. The number of oxime groups is 1. The molecular formula is C11H14BrNO2. The summed E-state index contributed by atoms with van der Waals surface area (Å²) in [7, 11) is 0. The molecule has 0 aliphatic rings. The fraction of sp³-hybridized carbons (Fsp3) is 0.364. The second-order valence-electron chi connectivity index (χ2n) is 3.13. The molecule has 0 aliphatic heterocycles. The Kier molecular flexibility index (Phi) is 5.18. The van der Waals surface area contributed by atoms with E-state index in [1.807, 2.05) is 18.2 Å². The molecular weight excluding hydrogens is 258 g/mol. The van der Waals surface area contributed by atoms with E-state index in [1.165, 1.54) is 6.21 Å². The maximum absolute atomic E-state index is 8.51. The predicted molar refractivity (Wildman–Crippen MR) is 63.9 cm³/mol. The van der Waals surface area contributed by atoms with E-state index in [1.54, 1.807) is 0 Å². The topological polar surface area (TPSA) is 41.8 Å². The van der Waals surface area contributed by atoms with E-state index in [9.17, 15) is 0 Å². The van der Waals surface area contributed by atoms with Gasteiger partial charge in [-0.3, -0.25) is 0 Å². The van der Waals surface area contributed by atoms with Crippen molar-refractivity contribution in [1.82, 2.24) is 0 Å². The number of halogens is 1. The molecule has 0 saturated carbocycles. The first kappa shape index (κ1) is 12.0. The van der Waals surface area contributed by atoms with Crippen molar-refractivity contribution < 1.29 is 9.94 Å². The number of benzene rings is 1. The van der Waals surface area contributed by atoms with Crippen LogP contribution in [0.15, 0.2) is 27.8 Å². The lowest BCUT2D eigenvalue weighted by molar-refractivity contribution is 0.307. The zero-order valence-electron chi connectivity index (χ0n) is 8.61. The Balaban J connectivity index is 2.76. The highest BCUT2D eigenvalue weighted by atomic mass is 79.9. The standard InChI is InChI=1S/C11H14BrNO2/c1-2-3-6-15-11-5-4-10(12)7-9(11)8-13-14/h4-5,7-8,14H,2-3,6H2,1H3. The number of rotatable bonds is 5. The maximum atomic E-state index is 8.51. The first-order chi connectivity index (χ1) is 7.27. The number of hydrogen-bond acceptors (Lipinski definition) is 3. The fourth-order valence-corrected chi connectivity index (χ4v) is 1.52. The molecule has 0 amide bonds. The third kappa shape index (κ3) is 3.91. The van der Waals surface area contributed by atoms with Crippen LogP contribution in [-0.4, -0.2) is 18.0 Å². The van der Waals surface area contributed by atoms with E-state index < -0.39 is 0 Å². The van der Waals surface area contributed by atoms with Crippen molar-refractivity contribution in [3.05, 3.63) is 28.2 Å². The zero-order chi connectivity index (χ0) is 11.1. The molecule has 0 aromatic heterocycles. The summed E-state index contributed by atoms with van der Waals surface area (Å²) in [5.41, 5.74) is 0.767. The average Bonchev–Trinajstić information content (AvgIpc) is 2.22. The fourth-order valence-electron chi connectivity index (χ4n) is 1.14. The largest absolute Gasteiger partial charge is 0.493 e. The van der Waals surface area contributed by atoms with Gasteiger partial charge in [-0.1, -0.05) is 34.4 Å². The molecule has 1 N–H and O–H groups in total. The van der Waals surface area contributed by atoms with Gasteiger partial charge in [0.05, 0.1) is 12.8 Å². The summed E-state index contributed by atoms with van der Waals surface area (Å²) >= 11 is 3.35. The summed E-state index contributed by atoms with van der Waals surface area (Å²) in [6.07, 6.45) is 3.48. The Morgan fingerprint density at radius 3 is 3.00 bits per heavy atom. The lowest BCUT2D eigenvalue weighted by Crippen LogP contribution is -1.99. The van der Waals surface area contributed by atoms with Crippen molar-refractivity contribution in [2.24, 2.45) is 5.16 Å². The summed E-state index contributed by atoms with van der Waals surface area (Å²) in [4.78, 5) is 0. The van der Waals surface area contributed by atoms with Crippen LogP contribution in [0.1, 0.15) is 25.3 Å². The monoisotopic (exact) mass is 271 g/mol. The van der Waals surface area contributed by atoms with Crippen molar-refractivity contribution in [1.29, 1.82) is 0 Å². The van der Waals surface area contributed by atoms with Crippen molar-refractivity contribution >= 4 is 22.1 Å². The van der Waals surface area contributed by atoms with Gasteiger partial charge in [0.25, 0.3) is 0 Å². The maximum Gasteiger partial charge on any atom is 0.128 e. The molecule has 0 fully saturated rings. The molecule has 0 spiro atoms. The molecule has 0 atom stereocenters. The number of unbranched alkanes of at least 4 members (excludes halogenated alkanes) is 1. The molecule has 0 radical (unpaired) electrons. The quantitative estimate of drug-likeness (QED) is 0.386. The van der Waals surface area contributed by atoms with Crippen molar-refractivity contribution in [3.8, 4) is 5.75 Å². The summed E-state index contributed by atoms with van der Waals surface area (Å²) in [5.74, 6) is 0.740. The molecule has 0 bridgehead atoms.